The number of nitrogens with one attached hydrogen (secondary N) is 1. The number of benzene rings is 3. The minimum Gasteiger partial charge on any atom is -0.497 e. The summed E-state index contributed by atoms with van der Waals surface area (Å²) in [6, 6.07) is 18.4. The topological polar surface area (TPSA) is 84.9 Å². The minimum atomic E-state index is -4.08. The molecule has 0 fully saturated rings. The SMILES string of the molecule is COc1ccc(OC)c(N(CC(=O)Nc2c(C)cccc2C)S(=O)(=O)c2ccccc2)c1. The van der Waals surface area contributed by atoms with Crippen LogP contribution in [0.3, 0.4) is 0 Å². The molecule has 0 aromatic heterocycles. The number of hydrogen-bond acceptors (Lipinski definition) is 5. The predicted octanol–water partition coefficient (Wildman–Crippen LogP) is 4.15. The van der Waals surface area contributed by atoms with E-state index in [1.54, 1.807) is 30.3 Å². The van der Waals surface area contributed by atoms with Gasteiger partial charge in [0.2, 0.25) is 5.91 Å². The lowest BCUT2D eigenvalue weighted by atomic mass is 10.1. The molecule has 0 bridgehead atoms. The molecule has 168 valence electrons. The van der Waals surface area contributed by atoms with Gasteiger partial charge < -0.3 is 14.8 Å². The summed E-state index contributed by atoms with van der Waals surface area (Å²) in [4.78, 5) is 13.1. The van der Waals surface area contributed by atoms with Crippen LogP contribution in [0.2, 0.25) is 0 Å². The van der Waals surface area contributed by atoms with Crippen molar-refractivity contribution in [1.29, 1.82) is 0 Å². The number of hydrogen-bond donors (Lipinski definition) is 1. The quantitative estimate of drug-likeness (QED) is 0.553. The molecule has 0 aliphatic carbocycles. The molecule has 0 aliphatic rings. The van der Waals surface area contributed by atoms with E-state index in [2.05, 4.69) is 5.32 Å². The second-order valence-electron chi connectivity index (χ2n) is 7.18. The third-order valence-electron chi connectivity index (χ3n) is 5.02. The van der Waals surface area contributed by atoms with Crippen molar-refractivity contribution in [3.05, 3.63) is 77.9 Å². The fourth-order valence-electron chi connectivity index (χ4n) is 3.33. The summed E-state index contributed by atoms with van der Waals surface area (Å²) in [5, 5.41) is 2.85. The van der Waals surface area contributed by atoms with Crippen LogP contribution in [0.1, 0.15) is 11.1 Å². The molecule has 0 spiro atoms. The number of aryl methyl sites for hydroxylation is 2. The van der Waals surface area contributed by atoms with Gasteiger partial charge in [0.25, 0.3) is 10.0 Å². The maximum atomic E-state index is 13.6. The van der Waals surface area contributed by atoms with Crippen LogP contribution in [0.25, 0.3) is 0 Å². The number of rotatable bonds is 8. The number of anilines is 2. The molecule has 8 heteroatoms. The highest BCUT2D eigenvalue weighted by atomic mass is 32.2. The maximum absolute atomic E-state index is 13.6. The maximum Gasteiger partial charge on any atom is 0.264 e. The molecule has 1 amide bonds. The van der Waals surface area contributed by atoms with E-state index in [9.17, 15) is 13.2 Å². The summed E-state index contributed by atoms with van der Waals surface area (Å²) in [6.45, 7) is 3.31. The van der Waals surface area contributed by atoms with Crippen molar-refractivity contribution in [1.82, 2.24) is 0 Å². The Kier molecular flexibility index (Phi) is 7.05. The number of amides is 1. The van der Waals surface area contributed by atoms with Crippen LogP contribution in [0.15, 0.2) is 71.6 Å². The lowest BCUT2D eigenvalue weighted by Crippen LogP contribution is -2.38. The van der Waals surface area contributed by atoms with Crippen LogP contribution < -0.4 is 19.1 Å². The van der Waals surface area contributed by atoms with Gasteiger partial charge in [0, 0.05) is 11.8 Å². The zero-order valence-corrected chi connectivity index (χ0v) is 19.3. The smallest absolute Gasteiger partial charge is 0.264 e. The molecule has 3 aromatic carbocycles. The zero-order valence-electron chi connectivity index (χ0n) is 18.5. The second-order valence-corrected chi connectivity index (χ2v) is 9.04. The Labute approximate surface area is 188 Å². The average molecular weight is 455 g/mol. The normalized spacial score (nSPS) is 11.0. The molecule has 0 unspecified atom stereocenters. The lowest BCUT2D eigenvalue weighted by Gasteiger charge is -2.26. The van der Waals surface area contributed by atoms with Crippen LogP contribution >= 0.6 is 0 Å². The van der Waals surface area contributed by atoms with Crippen LogP contribution in [0.5, 0.6) is 11.5 Å². The summed E-state index contributed by atoms with van der Waals surface area (Å²) in [6.07, 6.45) is 0. The van der Waals surface area contributed by atoms with Crippen molar-refractivity contribution >= 4 is 27.3 Å². The van der Waals surface area contributed by atoms with E-state index in [0.717, 1.165) is 15.4 Å². The van der Waals surface area contributed by atoms with Crippen molar-refractivity contribution in [2.24, 2.45) is 0 Å². The van der Waals surface area contributed by atoms with E-state index in [1.165, 1.54) is 32.4 Å². The molecule has 1 N–H and O–H groups in total. The Bertz CT molecular complexity index is 1190. The molecule has 0 atom stereocenters. The molecule has 0 saturated carbocycles. The van der Waals surface area contributed by atoms with Gasteiger partial charge in [-0.05, 0) is 49.2 Å². The number of carbonyl (C=O) groups excluding carboxylic acids is 1. The van der Waals surface area contributed by atoms with Crippen molar-refractivity contribution in [3.63, 3.8) is 0 Å². The molecular formula is C24H26N2O5S. The fourth-order valence-corrected chi connectivity index (χ4v) is 4.78. The van der Waals surface area contributed by atoms with Gasteiger partial charge >= 0.3 is 0 Å². The standard InChI is InChI=1S/C24H26N2O5S/c1-17-9-8-10-18(2)24(17)25-23(27)16-26(32(28,29)20-11-6-5-7-12-20)21-15-19(30-3)13-14-22(21)31-4/h5-15H,16H2,1-4H3,(H,25,27). The van der Waals surface area contributed by atoms with Gasteiger partial charge in [0.1, 0.15) is 18.0 Å². The molecule has 3 rings (SSSR count). The average Bonchev–Trinajstić information content (AvgIpc) is 2.80. The number of methoxy groups -OCH3 is 2. The van der Waals surface area contributed by atoms with Crippen LogP contribution in [0.4, 0.5) is 11.4 Å². The third-order valence-corrected chi connectivity index (χ3v) is 6.79. The van der Waals surface area contributed by atoms with Crippen LogP contribution in [-0.4, -0.2) is 35.1 Å². The van der Waals surface area contributed by atoms with E-state index in [1.807, 2.05) is 32.0 Å². The molecule has 0 radical (unpaired) electrons. The molecule has 0 saturated heterocycles. The number of carbonyl (C=O) groups is 1. The summed E-state index contributed by atoms with van der Waals surface area (Å²) < 4.78 is 38.9. The molecule has 32 heavy (non-hydrogen) atoms. The number of sulfonamides is 1. The van der Waals surface area contributed by atoms with E-state index in [4.69, 9.17) is 9.47 Å². The first-order valence-electron chi connectivity index (χ1n) is 9.94. The Balaban J connectivity index is 2.07. The monoisotopic (exact) mass is 454 g/mol. The molecule has 0 heterocycles. The molecular weight excluding hydrogens is 428 g/mol. The second kappa shape index (κ2) is 9.74. The summed E-state index contributed by atoms with van der Waals surface area (Å²) in [5.74, 6) is 0.251. The van der Waals surface area contributed by atoms with Gasteiger partial charge in [0.05, 0.1) is 24.8 Å². The molecule has 0 aliphatic heterocycles. The number of para-hydroxylation sites is 1. The molecule has 7 nitrogen and oxygen atoms in total. The third kappa shape index (κ3) is 4.86. The van der Waals surface area contributed by atoms with Gasteiger partial charge in [-0.25, -0.2) is 8.42 Å². The Morgan fingerprint density at radius 1 is 0.906 bits per heavy atom. The zero-order chi connectivity index (χ0) is 23.3. The van der Waals surface area contributed by atoms with E-state index < -0.39 is 22.5 Å². The van der Waals surface area contributed by atoms with Crippen molar-refractivity contribution in [2.75, 3.05) is 30.4 Å². The Morgan fingerprint density at radius 2 is 1.56 bits per heavy atom. The van der Waals surface area contributed by atoms with Gasteiger partial charge in [0.15, 0.2) is 0 Å². The Morgan fingerprint density at radius 3 is 2.16 bits per heavy atom. The van der Waals surface area contributed by atoms with Crippen molar-refractivity contribution < 1.29 is 22.7 Å². The minimum absolute atomic E-state index is 0.0599. The van der Waals surface area contributed by atoms with Crippen molar-refractivity contribution in [3.8, 4) is 11.5 Å². The van der Waals surface area contributed by atoms with Gasteiger partial charge in [-0.3, -0.25) is 9.10 Å². The molecule has 3 aromatic rings. The summed E-state index contributed by atoms with van der Waals surface area (Å²) in [5.41, 5.74) is 2.63. The fraction of sp³-hybridized carbons (Fsp3) is 0.208. The Hall–Kier alpha value is -3.52. The highest BCUT2D eigenvalue weighted by Gasteiger charge is 2.30. The van der Waals surface area contributed by atoms with Crippen molar-refractivity contribution in [2.45, 2.75) is 18.7 Å². The van der Waals surface area contributed by atoms with Gasteiger partial charge in [-0.2, -0.15) is 0 Å². The predicted molar refractivity (Wildman–Crippen MR) is 125 cm³/mol. The van der Waals surface area contributed by atoms with Gasteiger partial charge in [-0.1, -0.05) is 36.4 Å². The lowest BCUT2D eigenvalue weighted by molar-refractivity contribution is -0.114. The summed E-state index contributed by atoms with van der Waals surface area (Å²) in [7, 11) is -1.16. The highest BCUT2D eigenvalue weighted by molar-refractivity contribution is 7.92. The van der Waals surface area contributed by atoms with E-state index in [-0.39, 0.29) is 10.6 Å². The van der Waals surface area contributed by atoms with Crippen LogP contribution in [0, 0.1) is 13.8 Å². The van der Waals surface area contributed by atoms with Gasteiger partial charge in [-0.15, -0.1) is 0 Å². The first-order chi connectivity index (χ1) is 15.3. The van der Waals surface area contributed by atoms with E-state index in [0.29, 0.717) is 17.2 Å². The summed E-state index contributed by atoms with van der Waals surface area (Å²) >= 11 is 0. The number of nitrogens with zero attached hydrogens (tertiary/aromatic N) is 1. The van der Waals surface area contributed by atoms with Crippen LogP contribution in [-0.2, 0) is 14.8 Å². The number of ether oxygens (including phenoxy) is 2. The van der Waals surface area contributed by atoms with E-state index >= 15 is 0 Å². The first kappa shape index (κ1) is 23.1. The highest BCUT2D eigenvalue weighted by Crippen LogP contribution is 2.35. The largest absolute Gasteiger partial charge is 0.497 e. The first-order valence-corrected chi connectivity index (χ1v) is 11.4.